The lowest BCUT2D eigenvalue weighted by Crippen LogP contribution is -2.44. The second-order valence-corrected chi connectivity index (χ2v) is 6.41. The zero-order chi connectivity index (χ0) is 18.8. The van der Waals surface area contributed by atoms with Crippen molar-refractivity contribution in [3.8, 4) is 5.75 Å². The second kappa shape index (κ2) is 7.15. The van der Waals surface area contributed by atoms with Gasteiger partial charge in [0.05, 0.1) is 7.11 Å². The van der Waals surface area contributed by atoms with Gasteiger partial charge in [-0.25, -0.2) is 9.18 Å². The summed E-state index contributed by atoms with van der Waals surface area (Å²) in [5.41, 5.74) is 2.01. The van der Waals surface area contributed by atoms with Crippen molar-refractivity contribution in [2.45, 2.75) is 12.6 Å². The monoisotopic (exact) mass is 365 g/mol. The molecule has 2 heterocycles. The van der Waals surface area contributed by atoms with Gasteiger partial charge in [0.1, 0.15) is 17.6 Å². The van der Waals surface area contributed by atoms with Crippen LogP contribution in [0.15, 0.2) is 66.9 Å². The van der Waals surface area contributed by atoms with E-state index in [-0.39, 0.29) is 11.8 Å². The standard InChI is InChI=1S/C21H20FN3O2/c1-27-16-7-4-6-15(14-16)23-21(26)25-13-12-24-11-5-10-19(24)20(25)17-8-2-3-9-18(17)22/h2-11,14,20H,12-13H2,1H3,(H,23,26). The quantitative estimate of drug-likeness (QED) is 0.753. The zero-order valence-electron chi connectivity index (χ0n) is 14.9. The van der Waals surface area contributed by atoms with Crippen molar-refractivity contribution in [3.63, 3.8) is 0 Å². The molecule has 2 aromatic carbocycles. The fourth-order valence-corrected chi connectivity index (χ4v) is 3.52. The lowest BCUT2D eigenvalue weighted by atomic mass is 9.99. The van der Waals surface area contributed by atoms with E-state index in [0.717, 1.165) is 5.69 Å². The fraction of sp³-hybridized carbons (Fsp3) is 0.190. The maximum atomic E-state index is 14.6. The number of methoxy groups -OCH3 is 1. The smallest absolute Gasteiger partial charge is 0.322 e. The molecule has 3 aromatic rings. The molecule has 0 saturated heterocycles. The van der Waals surface area contributed by atoms with Crippen molar-refractivity contribution < 1.29 is 13.9 Å². The molecule has 2 amide bonds. The van der Waals surface area contributed by atoms with Crippen LogP contribution >= 0.6 is 0 Å². The third-order valence-corrected chi connectivity index (χ3v) is 4.82. The summed E-state index contributed by atoms with van der Waals surface area (Å²) in [5, 5.41) is 2.90. The average molecular weight is 365 g/mol. The molecular weight excluding hydrogens is 345 g/mol. The van der Waals surface area contributed by atoms with E-state index in [4.69, 9.17) is 4.74 Å². The zero-order valence-corrected chi connectivity index (χ0v) is 14.9. The molecule has 27 heavy (non-hydrogen) atoms. The first-order chi connectivity index (χ1) is 13.2. The van der Waals surface area contributed by atoms with Crippen LogP contribution < -0.4 is 10.1 Å². The molecule has 1 N–H and O–H groups in total. The molecule has 0 saturated carbocycles. The number of rotatable bonds is 3. The number of fused-ring (bicyclic) bond motifs is 1. The van der Waals surface area contributed by atoms with Gasteiger partial charge in [0, 0.05) is 42.3 Å². The van der Waals surface area contributed by atoms with Crippen LogP contribution in [0.25, 0.3) is 0 Å². The summed E-state index contributed by atoms with van der Waals surface area (Å²) >= 11 is 0. The topological polar surface area (TPSA) is 46.5 Å². The molecule has 1 atom stereocenters. The van der Waals surface area contributed by atoms with Crippen LogP contribution in [0.1, 0.15) is 17.3 Å². The summed E-state index contributed by atoms with van der Waals surface area (Å²) in [7, 11) is 1.58. The average Bonchev–Trinajstić information content (AvgIpc) is 3.17. The number of halogens is 1. The summed E-state index contributed by atoms with van der Waals surface area (Å²) in [6.07, 6.45) is 1.96. The molecular formula is C21H20FN3O2. The van der Waals surface area contributed by atoms with Crippen molar-refractivity contribution >= 4 is 11.7 Å². The van der Waals surface area contributed by atoms with Gasteiger partial charge in [0.15, 0.2) is 0 Å². The predicted molar refractivity (Wildman–Crippen MR) is 101 cm³/mol. The van der Waals surface area contributed by atoms with Gasteiger partial charge in [-0.15, -0.1) is 0 Å². The summed E-state index contributed by atoms with van der Waals surface area (Å²) in [5.74, 6) is 0.335. The largest absolute Gasteiger partial charge is 0.497 e. The van der Waals surface area contributed by atoms with Crippen LogP contribution in [-0.4, -0.2) is 29.2 Å². The highest BCUT2D eigenvalue weighted by molar-refractivity contribution is 5.90. The third-order valence-electron chi connectivity index (χ3n) is 4.82. The molecule has 1 unspecified atom stereocenters. The number of carbonyl (C=O) groups excluding carboxylic acids is 1. The number of aromatic nitrogens is 1. The minimum absolute atomic E-state index is 0.274. The minimum atomic E-state index is -0.486. The second-order valence-electron chi connectivity index (χ2n) is 6.41. The Hall–Kier alpha value is -3.28. The number of anilines is 1. The van der Waals surface area contributed by atoms with Crippen molar-refractivity contribution in [1.82, 2.24) is 9.47 Å². The van der Waals surface area contributed by atoms with E-state index in [1.54, 1.807) is 42.3 Å². The molecule has 4 rings (SSSR count). The maximum absolute atomic E-state index is 14.6. The Morgan fingerprint density at radius 3 is 2.78 bits per heavy atom. The predicted octanol–water partition coefficient (Wildman–Crippen LogP) is 4.27. The van der Waals surface area contributed by atoms with E-state index in [2.05, 4.69) is 9.88 Å². The SMILES string of the molecule is COc1cccc(NC(=O)N2CCn3cccc3C2c2ccccc2F)c1. The van der Waals surface area contributed by atoms with Gasteiger partial charge >= 0.3 is 6.03 Å². The lowest BCUT2D eigenvalue weighted by molar-refractivity contribution is 0.180. The first kappa shape index (κ1) is 17.1. The number of amides is 2. The maximum Gasteiger partial charge on any atom is 0.322 e. The summed E-state index contributed by atoms with van der Waals surface area (Å²) in [6.45, 7) is 1.15. The number of hydrogen-bond acceptors (Lipinski definition) is 2. The van der Waals surface area contributed by atoms with E-state index >= 15 is 0 Å². The number of nitrogens with one attached hydrogen (secondary N) is 1. The number of hydrogen-bond donors (Lipinski definition) is 1. The Kier molecular flexibility index (Phi) is 4.54. The molecule has 1 aliphatic heterocycles. The molecule has 0 radical (unpaired) electrons. The van der Waals surface area contributed by atoms with Crippen LogP contribution in [-0.2, 0) is 6.54 Å². The van der Waals surface area contributed by atoms with Gasteiger partial charge in [-0.05, 0) is 30.3 Å². The highest BCUT2D eigenvalue weighted by Crippen LogP contribution is 2.34. The van der Waals surface area contributed by atoms with Crippen LogP contribution in [0, 0.1) is 5.82 Å². The Morgan fingerprint density at radius 1 is 1.11 bits per heavy atom. The van der Waals surface area contributed by atoms with E-state index < -0.39 is 6.04 Å². The van der Waals surface area contributed by atoms with Crippen molar-refractivity contribution in [2.75, 3.05) is 19.0 Å². The Morgan fingerprint density at radius 2 is 1.96 bits per heavy atom. The number of nitrogens with zero attached hydrogens (tertiary/aromatic N) is 2. The van der Waals surface area contributed by atoms with E-state index in [1.807, 2.05) is 30.5 Å². The summed E-state index contributed by atoms with van der Waals surface area (Å²) in [4.78, 5) is 14.7. The molecule has 6 heteroatoms. The molecule has 1 aliphatic rings. The van der Waals surface area contributed by atoms with Crippen LogP contribution in [0.5, 0.6) is 5.75 Å². The summed E-state index contributed by atoms with van der Waals surface area (Å²) in [6, 6.07) is 16.9. The third kappa shape index (κ3) is 3.26. The summed E-state index contributed by atoms with van der Waals surface area (Å²) < 4.78 is 21.8. The highest BCUT2D eigenvalue weighted by Gasteiger charge is 2.33. The van der Waals surface area contributed by atoms with Gasteiger partial charge in [-0.2, -0.15) is 0 Å². The van der Waals surface area contributed by atoms with Crippen molar-refractivity contribution in [3.05, 3.63) is 83.9 Å². The molecule has 138 valence electrons. The lowest BCUT2D eigenvalue weighted by Gasteiger charge is -2.37. The molecule has 5 nitrogen and oxygen atoms in total. The normalized spacial score (nSPS) is 15.9. The van der Waals surface area contributed by atoms with Gasteiger partial charge < -0.3 is 19.5 Å². The van der Waals surface area contributed by atoms with Crippen LogP contribution in [0.4, 0.5) is 14.9 Å². The van der Waals surface area contributed by atoms with Crippen molar-refractivity contribution in [1.29, 1.82) is 0 Å². The first-order valence-corrected chi connectivity index (χ1v) is 8.78. The van der Waals surface area contributed by atoms with E-state index in [0.29, 0.717) is 30.1 Å². The Balaban J connectivity index is 1.68. The van der Waals surface area contributed by atoms with Crippen molar-refractivity contribution in [2.24, 2.45) is 0 Å². The molecule has 1 aromatic heterocycles. The fourth-order valence-electron chi connectivity index (χ4n) is 3.52. The Labute approximate surface area is 157 Å². The Bertz CT molecular complexity index is 969. The first-order valence-electron chi connectivity index (χ1n) is 8.78. The molecule has 0 spiro atoms. The number of carbonyl (C=O) groups is 1. The van der Waals surface area contributed by atoms with Gasteiger partial charge in [0.2, 0.25) is 0 Å². The number of benzene rings is 2. The number of urea groups is 1. The van der Waals surface area contributed by atoms with Crippen LogP contribution in [0.3, 0.4) is 0 Å². The van der Waals surface area contributed by atoms with Gasteiger partial charge in [0.25, 0.3) is 0 Å². The minimum Gasteiger partial charge on any atom is -0.497 e. The molecule has 0 fully saturated rings. The van der Waals surface area contributed by atoms with Gasteiger partial charge in [-0.1, -0.05) is 24.3 Å². The molecule has 0 aliphatic carbocycles. The van der Waals surface area contributed by atoms with E-state index in [1.165, 1.54) is 6.07 Å². The number of ether oxygens (including phenoxy) is 1. The van der Waals surface area contributed by atoms with E-state index in [9.17, 15) is 9.18 Å². The van der Waals surface area contributed by atoms with Gasteiger partial charge in [-0.3, -0.25) is 0 Å². The molecule has 0 bridgehead atoms. The van der Waals surface area contributed by atoms with Crippen LogP contribution in [0.2, 0.25) is 0 Å². The highest BCUT2D eigenvalue weighted by atomic mass is 19.1.